The highest BCUT2D eigenvalue weighted by Crippen LogP contribution is 2.14. The number of carbonyl (C=O) groups is 1. The molecular weight excluding hydrogens is 306 g/mol. The van der Waals surface area contributed by atoms with E-state index in [-0.39, 0.29) is 6.03 Å². The van der Waals surface area contributed by atoms with Crippen LogP contribution in [0, 0.1) is 13.8 Å². The average molecular weight is 325 g/mol. The molecule has 24 heavy (non-hydrogen) atoms. The van der Waals surface area contributed by atoms with Crippen LogP contribution < -0.4 is 16.4 Å². The Morgan fingerprint density at radius 3 is 2.71 bits per heavy atom. The fourth-order valence-electron chi connectivity index (χ4n) is 2.56. The van der Waals surface area contributed by atoms with Gasteiger partial charge in [-0.05, 0) is 49.2 Å². The number of fused-ring (bicyclic) bond motifs is 1. The van der Waals surface area contributed by atoms with Gasteiger partial charge >= 0.3 is 11.8 Å². The largest absolute Gasteiger partial charge is 0.420 e. The monoisotopic (exact) mass is 325 g/mol. The summed E-state index contributed by atoms with van der Waals surface area (Å²) >= 11 is 0. The van der Waals surface area contributed by atoms with Gasteiger partial charge in [0, 0.05) is 18.8 Å². The second-order valence-electron chi connectivity index (χ2n) is 5.74. The SMILES string of the molecule is Cc1cccc(NC(=O)NCCn2c(=O)oc3ccc(C)cc32)c1. The van der Waals surface area contributed by atoms with E-state index in [1.807, 2.05) is 50.2 Å². The van der Waals surface area contributed by atoms with Gasteiger partial charge in [0.15, 0.2) is 5.58 Å². The van der Waals surface area contributed by atoms with Crippen molar-refractivity contribution in [3.63, 3.8) is 0 Å². The van der Waals surface area contributed by atoms with Gasteiger partial charge in [-0.3, -0.25) is 4.57 Å². The van der Waals surface area contributed by atoms with Gasteiger partial charge in [-0.15, -0.1) is 0 Å². The van der Waals surface area contributed by atoms with Gasteiger partial charge in [0.25, 0.3) is 0 Å². The van der Waals surface area contributed by atoms with Crippen LogP contribution in [0.4, 0.5) is 10.5 Å². The molecule has 0 aliphatic carbocycles. The molecule has 0 saturated heterocycles. The number of aromatic nitrogens is 1. The Morgan fingerprint density at radius 2 is 1.92 bits per heavy atom. The van der Waals surface area contributed by atoms with Crippen LogP contribution in [0.25, 0.3) is 11.1 Å². The van der Waals surface area contributed by atoms with Crippen LogP contribution in [0.5, 0.6) is 0 Å². The predicted molar refractivity (Wildman–Crippen MR) is 93.4 cm³/mol. The lowest BCUT2D eigenvalue weighted by atomic mass is 10.2. The number of urea groups is 1. The summed E-state index contributed by atoms with van der Waals surface area (Å²) in [5.41, 5.74) is 4.13. The lowest BCUT2D eigenvalue weighted by Gasteiger charge is -2.08. The van der Waals surface area contributed by atoms with Crippen LogP contribution >= 0.6 is 0 Å². The number of benzene rings is 2. The third kappa shape index (κ3) is 3.48. The van der Waals surface area contributed by atoms with Crippen molar-refractivity contribution in [2.45, 2.75) is 20.4 Å². The van der Waals surface area contributed by atoms with Crippen molar-refractivity contribution in [2.75, 3.05) is 11.9 Å². The van der Waals surface area contributed by atoms with E-state index < -0.39 is 5.76 Å². The van der Waals surface area contributed by atoms with Gasteiger partial charge in [0.1, 0.15) is 0 Å². The first-order valence-corrected chi connectivity index (χ1v) is 7.74. The highest BCUT2D eigenvalue weighted by Gasteiger charge is 2.09. The molecule has 0 aliphatic heterocycles. The minimum absolute atomic E-state index is 0.308. The first kappa shape index (κ1) is 15.9. The molecule has 3 rings (SSSR count). The van der Waals surface area contributed by atoms with Crippen molar-refractivity contribution in [3.8, 4) is 0 Å². The summed E-state index contributed by atoms with van der Waals surface area (Å²) in [5, 5.41) is 5.51. The molecule has 2 amide bonds. The summed E-state index contributed by atoms with van der Waals surface area (Å²) < 4.78 is 6.72. The standard InChI is InChI=1S/C18H19N3O3/c1-12-4-3-5-14(10-12)20-17(22)19-8-9-21-15-11-13(2)6-7-16(15)24-18(21)23/h3-7,10-11H,8-9H2,1-2H3,(H2,19,20,22). The van der Waals surface area contributed by atoms with Gasteiger partial charge in [-0.1, -0.05) is 18.2 Å². The van der Waals surface area contributed by atoms with Gasteiger partial charge in [-0.2, -0.15) is 0 Å². The number of rotatable bonds is 4. The molecule has 0 radical (unpaired) electrons. The maximum Gasteiger partial charge on any atom is 0.420 e. The summed E-state index contributed by atoms with van der Waals surface area (Å²) in [6, 6.07) is 12.8. The third-order valence-electron chi connectivity index (χ3n) is 3.72. The minimum atomic E-state index is -0.420. The number of hydrogen-bond acceptors (Lipinski definition) is 3. The van der Waals surface area contributed by atoms with E-state index >= 15 is 0 Å². The number of carbonyl (C=O) groups excluding carboxylic acids is 1. The molecule has 0 spiro atoms. The number of amides is 2. The van der Waals surface area contributed by atoms with E-state index in [4.69, 9.17) is 4.42 Å². The Labute approximate surface area is 139 Å². The molecule has 0 saturated carbocycles. The third-order valence-corrected chi connectivity index (χ3v) is 3.72. The number of nitrogens with zero attached hydrogens (tertiary/aromatic N) is 1. The maximum atomic E-state index is 11.9. The van der Waals surface area contributed by atoms with E-state index in [2.05, 4.69) is 10.6 Å². The normalized spacial score (nSPS) is 10.8. The number of oxazole rings is 1. The van der Waals surface area contributed by atoms with Crippen molar-refractivity contribution in [3.05, 3.63) is 64.1 Å². The molecule has 2 N–H and O–H groups in total. The molecule has 0 atom stereocenters. The molecule has 2 aromatic carbocycles. The van der Waals surface area contributed by atoms with Gasteiger partial charge < -0.3 is 15.1 Å². The van der Waals surface area contributed by atoms with Crippen molar-refractivity contribution in [2.24, 2.45) is 0 Å². The molecule has 3 aromatic rings. The Morgan fingerprint density at radius 1 is 1.12 bits per heavy atom. The van der Waals surface area contributed by atoms with Crippen LogP contribution in [0.1, 0.15) is 11.1 Å². The zero-order valence-electron chi connectivity index (χ0n) is 13.6. The van der Waals surface area contributed by atoms with E-state index in [9.17, 15) is 9.59 Å². The quantitative estimate of drug-likeness (QED) is 0.774. The molecular formula is C18H19N3O3. The zero-order chi connectivity index (χ0) is 17.1. The average Bonchev–Trinajstić information content (AvgIpc) is 2.83. The molecule has 0 aliphatic rings. The first-order valence-electron chi connectivity index (χ1n) is 7.74. The lowest BCUT2D eigenvalue weighted by Crippen LogP contribution is -2.32. The van der Waals surface area contributed by atoms with Gasteiger partial charge in [0.2, 0.25) is 0 Å². The second-order valence-corrected chi connectivity index (χ2v) is 5.74. The van der Waals surface area contributed by atoms with Crippen LogP contribution in [0.3, 0.4) is 0 Å². The van der Waals surface area contributed by atoms with Crippen molar-refractivity contribution in [1.29, 1.82) is 0 Å². The van der Waals surface area contributed by atoms with E-state index in [1.165, 1.54) is 4.57 Å². The Balaban J connectivity index is 1.62. The van der Waals surface area contributed by atoms with Gasteiger partial charge in [0.05, 0.1) is 5.52 Å². The van der Waals surface area contributed by atoms with Crippen molar-refractivity contribution >= 4 is 22.8 Å². The Bertz CT molecular complexity index is 940. The zero-order valence-corrected chi connectivity index (χ0v) is 13.6. The predicted octanol–water partition coefficient (Wildman–Crippen LogP) is 3.03. The van der Waals surface area contributed by atoms with Crippen LogP contribution in [-0.4, -0.2) is 17.1 Å². The summed E-state index contributed by atoms with van der Waals surface area (Å²) in [6.45, 7) is 4.58. The molecule has 0 fully saturated rings. The molecule has 6 heteroatoms. The molecule has 0 unspecified atom stereocenters. The van der Waals surface area contributed by atoms with Gasteiger partial charge in [-0.25, -0.2) is 9.59 Å². The molecule has 0 bridgehead atoms. The molecule has 124 valence electrons. The van der Waals surface area contributed by atoms with E-state index in [0.29, 0.717) is 18.7 Å². The summed E-state index contributed by atoms with van der Waals surface area (Å²) in [7, 11) is 0. The number of aryl methyl sites for hydroxylation is 2. The van der Waals surface area contributed by atoms with Crippen LogP contribution in [0.15, 0.2) is 51.7 Å². The number of nitrogens with one attached hydrogen (secondary N) is 2. The Hall–Kier alpha value is -3.02. The van der Waals surface area contributed by atoms with Crippen molar-refractivity contribution in [1.82, 2.24) is 9.88 Å². The fraction of sp³-hybridized carbons (Fsp3) is 0.222. The second kappa shape index (κ2) is 6.62. The molecule has 1 aromatic heterocycles. The number of hydrogen-bond donors (Lipinski definition) is 2. The summed E-state index contributed by atoms with van der Waals surface area (Å²) in [5.74, 6) is -0.420. The molecule has 6 nitrogen and oxygen atoms in total. The Kier molecular flexibility index (Phi) is 4.37. The molecule has 1 heterocycles. The van der Waals surface area contributed by atoms with Crippen molar-refractivity contribution < 1.29 is 9.21 Å². The highest BCUT2D eigenvalue weighted by atomic mass is 16.4. The van der Waals surface area contributed by atoms with Crippen LogP contribution in [-0.2, 0) is 6.54 Å². The summed E-state index contributed by atoms with van der Waals surface area (Å²) in [4.78, 5) is 23.8. The first-order chi connectivity index (χ1) is 11.5. The fourth-order valence-corrected chi connectivity index (χ4v) is 2.56. The smallest absolute Gasteiger partial charge is 0.408 e. The minimum Gasteiger partial charge on any atom is -0.408 e. The van der Waals surface area contributed by atoms with E-state index in [1.54, 1.807) is 6.07 Å². The number of anilines is 1. The van der Waals surface area contributed by atoms with Crippen LogP contribution in [0.2, 0.25) is 0 Å². The maximum absolute atomic E-state index is 11.9. The van der Waals surface area contributed by atoms with E-state index in [0.717, 1.165) is 22.3 Å². The lowest BCUT2D eigenvalue weighted by molar-refractivity contribution is 0.251. The summed E-state index contributed by atoms with van der Waals surface area (Å²) in [6.07, 6.45) is 0. The highest BCUT2D eigenvalue weighted by molar-refractivity contribution is 5.89. The topological polar surface area (TPSA) is 76.3 Å².